The van der Waals surface area contributed by atoms with Gasteiger partial charge in [-0.2, -0.15) is 0 Å². The molecule has 0 unspecified atom stereocenters. The predicted octanol–water partition coefficient (Wildman–Crippen LogP) is 5.60. The number of rotatable bonds is 10. The van der Waals surface area contributed by atoms with E-state index in [1.807, 2.05) is 44.2 Å². The molecule has 34 heavy (non-hydrogen) atoms. The lowest BCUT2D eigenvalue weighted by Gasteiger charge is -2.19. The second-order valence-electron chi connectivity index (χ2n) is 8.10. The molecule has 3 rings (SSSR count). The number of ether oxygens (including phenoxy) is 1. The van der Waals surface area contributed by atoms with Gasteiger partial charge in [0.05, 0.1) is 5.69 Å². The summed E-state index contributed by atoms with van der Waals surface area (Å²) in [7, 11) is 0. The molecule has 3 amide bonds. The zero-order valence-corrected chi connectivity index (χ0v) is 19.5. The van der Waals surface area contributed by atoms with Gasteiger partial charge in [0.25, 0.3) is 0 Å². The number of aryl methyl sites for hydroxylation is 1. The van der Waals surface area contributed by atoms with Crippen LogP contribution in [0.15, 0.2) is 72.8 Å². The number of phenolic OH excluding ortho intramolecular Hbond substituents is 1. The number of aromatic hydroxyl groups is 1. The highest BCUT2D eigenvalue weighted by Gasteiger charge is 2.21. The van der Waals surface area contributed by atoms with Crippen LogP contribution in [0.1, 0.15) is 37.3 Å². The second kappa shape index (κ2) is 12.3. The van der Waals surface area contributed by atoms with E-state index in [0.29, 0.717) is 30.2 Å². The summed E-state index contributed by atoms with van der Waals surface area (Å²) < 4.78 is 5.76. The third kappa shape index (κ3) is 7.55. The highest BCUT2D eigenvalue weighted by molar-refractivity contribution is 5.99. The van der Waals surface area contributed by atoms with Crippen molar-refractivity contribution in [1.29, 1.82) is 0 Å². The number of hydrogen-bond acceptors (Lipinski definition) is 4. The number of unbranched alkanes of at least 4 members (excludes halogenated alkanes) is 1. The van der Waals surface area contributed by atoms with E-state index in [1.54, 1.807) is 42.5 Å². The van der Waals surface area contributed by atoms with Gasteiger partial charge in [0, 0.05) is 5.69 Å². The molecule has 0 aliphatic rings. The van der Waals surface area contributed by atoms with Crippen LogP contribution in [0, 0.1) is 6.92 Å². The fourth-order valence-corrected chi connectivity index (χ4v) is 3.35. The topological polar surface area (TPSA) is 99.7 Å². The number of hydrogen-bond donors (Lipinski definition) is 4. The molecule has 0 saturated heterocycles. The molecule has 7 heteroatoms. The summed E-state index contributed by atoms with van der Waals surface area (Å²) in [6.07, 6.45) is 2.13. The Labute approximate surface area is 200 Å². The van der Waals surface area contributed by atoms with Crippen LogP contribution in [-0.2, 0) is 11.4 Å². The van der Waals surface area contributed by atoms with Crippen LogP contribution in [0.4, 0.5) is 16.2 Å². The normalized spacial score (nSPS) is 11.4. The van der Waals surface area contributed by atoms with Crippen molar-refractivity contribution in [2.75, 3.05) is 10.6 Å². The molecule has 0 saturated carbocycles. The number of phenols is 1. The lowest BCUT2D eigenvalue weighted by atomic mass is 10.1. The highest BCUT2D eigenvalue weighted by atomic mass is 16.5. The summed E-state index contributed by atoms with van der Waals surface area (Å²) in [5.41, 5.74) is 2.84. The lowest BCUT2D eigenvalue weighted by Crippen LogP contribution is -2.45. The van der Waals surface area contributed by atoms with E-state index in [9.17, 15) is 14.7 Å². The summed E-state index contributed by atoms with van der Waals surface area (Å²) >= 11 is 0. The summed E-state index contributed by atoms with van der Waals surface area (Å²) in [6.45, 7) is 4.32. The van der Waals surface area contributed by atoms with Crippen LogP contribution < -0.4 is 20.7 Å². The van der Waals surface area contributed by atoms with E-state index >= 15 is 0 Å². The van der Waals surface area contributed by atoms with Crippen LogP contribution in [0.25, 0.3) is 0 Å². The zero-order valence-electron chi connectivity index (χ0n) is 19.5. The molecule has 4 N–H and O–H groups in total. The first-order valence-corrected chi connectivity index (χ1v) is 11.4. The van der Waals surface area contributed by atoms with Gasteiger partial charge in [-0.15, -0.1) is 0 Å². The van der Waals surface area contributed by atoms with Gasteiger partial charge in [-0.3, -0.25) is 4.79 Å². The van der Waals surface area contributed by atoms with Crippen LogP contribution in [-0.4, -0.2) is 23.1 Å². The molecule has 3 aromatic carbocycles. The maximum Gasteiger partial charge on any atom is 0.319 e. The van der Waals surface area contributed by atoms with E-state index in [2.05, 4.69) is 16.0 Å². The van der Waals surface area contributed by atoms with Gasteiger partial charge in [-0.05, 0) is 60.9 Å². The number of nitrogens with one attached hydrogen (secondary N) is 3. The van der Waals surface area contributed by atoms with Gasteiger partial charge in [0.15, 0.2) is 0 Å². The fraction of sp³-hybridized carbons (Fsp3) is 0.259. The van der Waals surface area contributed by atoms with Gasteiger partial charge in [-0.25, -0.2) is 4.79 Å². The van der Waals surface area contributed by atoms with Crippen LogP contribution in [0.2, 0.25) is 0 Å². The van der Waals surface area contributed by atoms with Gasteiger partial charge < -0.3 is 25.8 Å². The minimum atomic E-state index is -0.742. The Morgan fingerprint density at radius 1 is 0.971 bits per heavy atom. The molecule has 0 radical (unpaired) electrons. The molecule has 0 heterocycles. The van der Waals surface area contributed by atoms with E-state index in [0.717, 1.165) is 24.0 Å². The van der Waals surface area contributed by atoms with Crippen molar-refractivity contribution in [2.24, 2.45) is 0 Å². The molecule has 0 fully saturated rings. The summed E-state index contributed by atoms with van der Waals surface area (Å²) in [6, 6.07) is 20.7. The van der Waals surface area contributed by atoms with Crippen molar-refractivity contribution >= 4 is 23.3 Å². The van der Waals surface area contributed by atoms with Crippen molar-refractivity contribution in [1.82, 2.24) is 5.32 Å². The first-order chi connectivity index (χ1) is 16.4. The maximum absolute atomic E-state index is 12.8. The minimum Gasteiger partial charge on any atom is -0.506 e. The first-order valence-electron chi connectivity index (χ1n) is 11.4. The fourth-order valence-electron chi connectivity index (χ4n) is 3.35. The van der Waals surface area contributed by atoms with Gasteiger partial charge >= 0.3 is 6.03 Å². The van der Waals surface area contributed by atoms with Crippen molar-refractivity contribution < 1.29 is 19.4 Å². The predicted molar refractivity (Wildman–Crippen MR) is 134 cm³/mol. The van der Waals surface area contributed by atoms with Gasteiger partial charge in [0.1, 0.15) is 24.1 Å². The molecular weight excluding hydrogens is 430 g/mol. The molecule has 178 valence electrons. The van der Waals surface area contributed by atoms with E-state index in [1.165, 1.54) is 0 Å². The van der Waals surface area contributed by atoms with Crippen molar-refractivity contribution in [3.8, 4) is 11.5 Å². The van der Waals surface area contributed by atoms with E-state index < -0.39 is 12.1 Å². The maximum atomic E-state index is 12.8. The molecule has 7 nitrogen and oxygen atoms in total. The number of carbonyl (C=O) groups excluding carboxylic acids is 2. The standard InChI is InChI=1S/C27H31N3O4/c1-3-4-10-24(26(32)29-23-16-11-19(2)17-25(23)31)30-27(33)28-21-12-14-22(15-13-21)34-18-20-8-6-5-7-9-20/h5-9,11-17,24,31H,3-4,10,18H2,1-2H3,(H,29,32)(H2,28,30,33)/t24-/m0/s1. The number of carbonyl (C=O) groups is 2. The summed E-state index contributed by atoms with van der Waals surface area (Å²) in [5.74, 6) is 0.293. The number of benzene rings is 3. The number of amides is 3. The van der Waals surface area contributed by atoms with Crippen LogP contribution >= 0.6 is 0 Å². The quantitative estimate of drug-likeness (QED) is 0.295. The summed E-state index contributed by atoms with van der Waals surface area (Å²) in [5, 5.41) is 18.3. The lowest BCUT2D eigenvalue weighted by molar-refractivity contribution is -0.118. The molecule has 0 spiro atoms. The average Bonchev–Trinajstić information content (AvgIpc) is 2.83. The van der Waals surface area contributed by atoms with E-state index in [4.69, 9.17) is 4.74 Å². The largest absolute Gasteiger partial charge is 0.506 e. The highest BCUT2D eigenvalue weighted by Crippen LogP contribution is 2.24. The van der Waals surface area contributed by atoms with Gasteiger partial charge in [-0.1, -0.05) is 56.2 Å². The molecule has 0 aliphatic heterocycles. The molecule has 0 aromatic heterocycles. The minimum absolute atomic E-state index is 0.0124. The number of urea groups is 1. The Morgan fingerprint density at radius 3 is 2.38 bits per heavy atom. The number of anilines is 2. The smallest absolute Gasteiger partial charge is 0.319 e. The van der Waals surface area contributed by atoms with Crippen LogP contribution in [0.3, 0.4) is 0 Å². The van der Waals surface area contributed by atoms with Crippen LogP contribution in [0.5, 0.6) is 11.5 Å². The third-order valence-electron chi connectivity index (χ3n) is 5.24. The second-order valence-corrected chi connectivity index (χ2v) is 8.10. The molecule has 3 aromatic rings. The summed E-state index contributed by atoms with van der Waals surface area (Å²) in [4.78, 5) is 25.4. The molecule has 1 atom stereocenters. The van der Waals surface area contributed by atoms with Crippen molar-refractivity contribution in [3.05, 3.63) is 83.9 Å². The van der Waals surface area contributed by atoms with Gasteiger partial charge in [0.2, 0.25) is 5.91 Å². The monoisotopic (exact) mass is 461 g/mol. The molecular formula is C27H31N3O4. The average molecular weight is 462 g/mol. The zero-order chi connectivity index (χ0) is 24.3. The Balaban J connectivity index is 1.55. The van der Waals surface area contributed by atoms with E-state index in [-0.39, 0.29) is 11.7 Å². The Morgan fingerprint density at radius 2 is 1.71 bits per heavy atom. The molecule has 0 aliphatic carbocycles. The van der Waals surface area contributed by atoms with Crippen molar-refractivity contribution in [3.63, 3.8) is 0 Å². The van der Waals surface area contributed by atoms with Crippen molar-refractivity contribution in [2.45, 2.75) is 45.8 Å². The third-order valence-corrected chi connectivity index (χ3v) is 5.24. The SMILES string of the molecule is CCCC[C@H](NC(=O)Nc1ccc(OCc2ccccc2)cc1)C(=O)Nc1ccc(C)cc1O. The Bertz CT molecular complexity index is 1080. The first kappa shape index (κ1) is 24.6. The Kier molecular flexibility index (Phi) is 8.91. The Hall–Kier alpha value is -4.00. The molecule has 0 bridgehead atoms.